The number of benzene rings is 1. The van der Waals surface area contributed by atoms with E-state index in [1.54, 1.807) is 0 Å². The van der Waals surface area contributed by atoms with Gasteiger partial charge in [0.05, 0.1) is 10.6 Å². The number of phenolic OH excluding ortho intramolecular Hbond substituents is 1. The van der Waals surface area contributed by atoms with Crippen LogP contribution in [0.4, 0.5) is 0 Å². The van der Waals surface area contributed by atoms with Crippen molar-refractivity contribution in [2.24, 2.45) is 5.16 Å². The molecule has 0 amide bonds. The lowest BCUT2D eigenvalue weighted by atomic mass is 10.2. The van der Waals surface area contributed by atoms with Crippen molar-refractivity contribution < 1.29 is 22.7 Å². The standard InChI is InChI=1S/C13H18Cl2N2O2S.ClH/c1-3-17(4-2)5-6-20-13(16-19)10-7-9(14)8-11(15)12(10)18;/h7-8,18-19H,3-6H2,1-2H3;1H/p-1/b16-13+;. The molecule has 0 spiro atoms. The van der Waals surface area contributed by atoms with E-state index in [1.165, 1.54) is 23.9 Å². The highest BCUT2D eigenvalue weighted by atomic mass is 35.5. The Bertz CT molecular complexity index is 483. The number of aromatic hydroxyl groups is 1. The maximum absolute atomic E-state index is 9.92. The molecule has 0 aliphatic heterocycles. The molecule has 0 saturated carbocycles. The SMILES string of the molecule is CCN(CC)CCS/C(=N/O)c1cc(Cl)cc(Cl)c1O.[Cl-]. The van der Waals surface area contributed by atoms with Crippen molar-refractivity contribution in [1.29, 1.82) is 0 Å². The zero-order valence-corrected chi connectivity index (χ0v) is 14.9. The molecule has 120 valence electrons. The number of nitrogens with zero attached hydrogens (tertiary/aromatic N) is 2. The number of hydrogen-bond acceptors (Lipinski definition) is 5. The summed E-state index contributed by atoms with van der Waals surface area (Å²) in [6.07, 6.45) is 0. The van der Waals surface area contributed by atoms with Gasteiger partial charge in [-0.15, -0.1) is 11.8 Å². The lowest BCUT2D eigenvalue weighted by Gasteiger charge is -2.17. The van der Waals surface area contributed by atoms with Crippen molar-refractivity contribution in [2.75, 3.05) is 25.4 Å². The molecule has 1 aromatic rings. The van der Waals surface area contributed by atoms with Crippen molar-refractivity contribution in [3.63, 3.8) is 0 Å². The summed E-state index contributed by atoms with van der Waals surface area (Å²) in [6, 6.07) is 2.97. The Labute approximate surface area is 145 Å². The number of phenols is 1. The van der Waals surface area contributed by atoms with Gasteiger partial charge in [0.15, 0.2) is 0 Å². The largest absolute Gasteiger partial charge is 1.00 e. The van der Waals surface area contributed by atoms with Gasteiger partial charge in [0.25, 0.3) is 0 Å². The second kappa shape index (κ2) is 10.4. The highest BCUT2D eigenvalue weighted by Crippen LogP contribution is 2.33. The number of thioether (sulfide) groups is 1. The third kappa shape index (κ3) is 6.12. The molecular weight excluding hydrogens is 355 g/mol. The molecule has 4 nitrogen and oxygen atoms in total. The van der Waals surface area contributed by atoms with Crippen molar-refractivity contribution in [2.45, 2.75) is 13.8 Å². The fourth-order valence-corrected chi connectivity index (χ4v) is 3.11. The van der Waals surface area contributed by atoms with Gasteiger partial charge < -0.3 is 27.6 Å². The highest BCUT2D eigenvalue weighted by Gasteiger charge is 2.15. The Morgan fingerprint density at radius 1 is 1.29 bits per heavy atom. The summed E-state index contributed by atoms with van der Waals surface area (Å²) in [5.74, 6) is 0.615. The number of oxime groups is 1. The van der Waals surface area contributed by atoms with Crippen LogP contribution >= 0.6 is 35.0 Å². The molecular formula is C13H18Cl3N2O2S-. The minimum absolute atomic E-state index is 0. The van der Waals surface area contributed by atoms with Crippen molar-refractivity contribution in [3.8, 4) is 5.75 Å². The Morgan fingerprint density at radius 2 is 1.90 bits per heavy atom. The Kier molecular flexibility index (Phi) is 10.2. The molecule has 1 aromatic carbocycles. The van der Waals surface area contributed by atoms with Gasteiger partial charge in [-0.05, 0) is 25.2 Å². The molecule has 0 fully saturated rings. The van der Waals surface area contributed by atoms with E-state index in [-0.39, 0.29) is 23.2 Å². The second-order valence-electron chi connectivity index (χ2n) is 4.06. The Morgan fingerprint density at radius 3 is 2.43 bits per heavy atom. The molecule has 0 bridgehead atoms. The normalized spacial score (nSPS) is 11.6. The van der Waals surface area contributed by atoms with Crippen LogP contribution in [-0.2, 0) is 0 Å². The summed E-state index contributed by atoms with van der Waals surface area (Å²) in [4.78, 5) is 2.26. The first-order valence-corrected chi connectivity index (χ1v) is 8.03. The van der Waals surface area contributed by atoms with E-state index < -0.39 is 0 Å². The summed E-state index contributed by atoms with van der Waals surface area (Å²) < 4.78 is 0. The monoisotopic (exact) mass is 371 g/mol. The molecule has 21 heavy (non-hydrogen) atoms. The minimum Gasteiger partial charge on any atom is -1.00 e. The zero-order valence-electron chi connectivity index (χ0n) is 11.8. The molecule has 0 atom stereocenters. The summed E-state index contributed by atoms with van der Waals surface area (Å²) in [7, 11) is 0. The van der Waals surface area contributed by atoms with Crippen molar-refractivity contribution >= 4 is 40.0 Å². The fraction of sp³-hybridized carbons (Fsp3) is 0.462. The van der Waals surface area contributed by atoms with Gasteiger partial charge in [-0.25, -0.2) is 0 Å². The fourth-order valence-electron chi connectivity index (χ4n) is 1.70. The molecule has 0 unspecified atom stereocenters. The van der Waals surface area contributed by atoms with Crippen molar-refractivity contribution in [1.82, 2.24) is 4.90 Å². The zero-order chi connectivity index (χ0) is 15.1. The molecule has 0 aliphatic rings. The lowest BCUT2D eigenvalue weighted by Crippen LogP contribution is -3.00. The second-order valence-corrected chi connectivity index (χ2v) is 5.99. The predicted molar refractivity (Wildman–Crippen MR) is 86.7 cm³/mol. The van der Waals surface area contributed by atoms with Gasteiger partial charge in [0.1, 0.15) is 10.8 Å². The van der Waals surface area contributed by atoms with Crippen LogP contribution in [0.3, 0.4) is 0 Å². The minimum atomic E-state index is -0.126. The van der Waals surface area contributed by atoms with Crippen molar-refractivity contribution in [3.05, 3.63) is 27.7 Å². The molecule has 0 radical (unpaired) electrons. The Balaban J connectivity index is 0.00000400. The van der Waals surface area contributed by atoms with Crippen LogP contribution in [0.15, 0.2) is 17.3 Å². The van der Waals surface area contributed by atoms with Gasteiger partial charge in [-0.2, -0.15) is 0 Å². The first kappa shape index (κ1) is 20.7. The molecule has 8 heteroatoms. The predicted octanol–water partition coefficient (Wildman–Crippen LogP) is 0.914. The highest BCUT2D eigenvalue weighted by molar-refractivity contribution is 8.14. The number of rotatable bonds is 6. The van der Waals surface area contributed by atoms with E-state index in [9.17, 15) is 5.11 Å². The van der Waals surface area contributed by atoms with Crippen LogP contribution in [0, 0.1) is 0 Å². The molecule has 0 aliphatic carbocycles. The average Bonchev–Trinajstić information content (AvgIpc) is 2.43. The maximum atomic E-state index is 9.92. The first-order valence-electron chi connectivity index (χ1n) is 6.29. The molecule has 1 rings (SSSR count). The molecule has 2 N–H and O–H groups in total. The Hall–Kier alpha value is -0.330. The smallest absolute Gasteiger partial charge is 0.146 e. The van der Waals surface area contributed by atoms with E-state index >= 15 is 0 Å². The first-order chi connectivity index (χ1) is 9.53. The number of hydrogen-bond donors (Lipinski definition) is 2. The van der Waals surface area contributed by atoms with E-state index in [4.69, 9.17) is 28.4 Å². The summed E-state index contributed by atoms with van der Waals surface area (Å²) >= 11 is 13.1. The molecule has 0 aromatic heterocycles. The van der Waals surface area contributed by atoms with E-state index in [2.05, 4.69) is 23.9 Å². The van der Waals surface area contributed by atoms with Gasteiger partial charge in [0.2, 0.25) is 0 Å². The molecule has 0 heterocycles. The van der Waals surface area contributed by atoms with E-state index in [1.807, 2.05) is 0 Å². The maximum Gasteiger partial charge on any atom is 0.146 e. The van der Waals surface area contributed by atoms with E-state index in [0.29, 0.717) is 15.6 Å². The van der Waals surface area contributed by atoms with Crippen LogP contribution in [0.5, 0.6) is 5.75 Å². The molecule has 0 saturated heterocycles. The quantitative estimate of drug-likeness (QED) is 0.337. The van der Waals surface area contributed by atoms with Crippen LogP contribution in [0.2, 0.25) is 10.0 Å². The third-order valence-corrected chi connectivity index (χ3v) is 4.36. The average molecular weight is 373 g/mol. The van der Waals surface area contributed by atoms with Crippen LogP contribution < -0.4 is 12.4 Å². The van der Waals surface area contributed by atoms with Crippen LogP contribution in [0.1, 0.15) is 19.4 Å². The van der Waals surface area contributed by atoms with Gasteiger partial charge >= 0.3 is 0 Å². The summed E-state index contributed by atoms with van der Waals surface area (Å²) in [6.45, 7) is 7.00. The van der Waals surface area contributed by atoms with Gasteiger partial charge in [-0.3, -0.25) is 0 Å². The third-order valence-electron chi connectivity index (χ3n) is 2.89. The summed E-state index contributed by atoms with van der Waals surface area (Å²) in [5.41, 5.74) is 0.342. The van der Waals surface area contributed by atoms with Gasteiger partial charge in [-0.1, -0.05) is 42.2 Å². The topological polar surface area (TPSA) is 56.1 Å². The van der Waals surface area contributed by atoms with Crippen LogP contribution in [-0.4, -0.2) is 45.6 Å². The number of halogens is 3. The van der Waals surface area contributed by atoms with Gasteiger partial charge in [0, 0.05) is 17.3 Å². The van der Waals surface area contributed by atoms with Crippen LogP contribution in [0.25, 0.3) is 0 Å². The van der Waals surface area contributed by atoms with E-state index in [0.717, 1.165) is 25.4 Å². The lowest BCUT2D eigenvalue weighted by molar-refractivity contribution is -0.00000578. The summed E-state index contributed by atoms with van der Waals surface area (Å²) in [5, 5.41) is 23.1.